The summed E-state index contributed by atoms with van der Waals surface area (Å²) < 4.78 is 2.46. The van der Waals surface area contributed by atoms with Crippen molar-refractivity contribution in [3.8, 4) is 17.1 Å². The Bertz CT molecular complexity index is 782. The van der Waals surface area contributed by atoms with E-state index in [9.17, 15) is 4.79 Å². The van der Waals surface area contributed by atoms with E-state index >= 15 is 0 Å². The number of carbonyl (C=O) groups excluding carboxylic acids is 1. The topological polar surface area (TPSA) is 47.8 Å². The lowest BCUT2D eigenvalue weighted by molar-refractivity contribution is 0.112. The highest BCUT2D eigenvalue weighted by molar-refractivity contribution is 9.10. The SMILES string of the molecule is O=Cc1cn(-c2ccc(Br)cn2)nc1-c1ccc(Cl)cc1. The van der Waals surface area contributed by atoms with Crippen molar-refractivity contribution in [2.75, 3.05) is 0 Å². The molecule has 2 aromatic heterocycles. The maximum atomic E-state index is 11.3. The highest BCUT2D eigenvalue weighted by Crippen LogP contribution is 2.24. The third-order valence-corrected chi connectivity index (χ3v) is 3.65. The highest BCUT2D eigenvalue weighted by Gasteiger charge is 2.12. The fourth-order valence-corrected chi connectivity index (χ4v) is 2.29. The summed E-state index contributed by atoms with van der Waals surface area (Å²) >= 11 is 9.21. The Balaban J connectivity index is 2.08. The molecule has 0 unspecified atom stereocenters. The van der Waals surface area contributed by atoms with E-state index in [0.29, 0.717) is 22.1 Å². The molecule has 0 aliphatic rings. The van der Waals surface area contributed by atoms with Gasteiger partial charge in [-0.2, -0.15) is 5.10 Å². The summed E-state index contributed by atoms with van der Waals surface area (Å²) in [6.07, 6.45) is 4.12. The first-order valence-corrected chi connectivity index (χ1v) is 7.27. The van der Waals surface area contributed by atoms with E-state index in [0.717, 1.165) is 16.3 Å². The van der Waals surface area contributed by atoms with Crippen molar-refractivity contribution < 1.29 is 4.79 Å². The summed E-state index contributed by atoms with van der Waals surface area (Å²) in [5.41, 5.74) is 1.94. The lowest BCUT2D eigenvalue weighted by Gasteiger charge is -2.00. The van der Waals surface area contributed by atoms with Gasteiger partial charge in [-0.1, -0.05) is 23.7 Å². The molecule has 3 rings (SSSR count). The van der Waals surface area contributed by atoms with Crippen LogP contribution in [-0.2, 0) is 0 Å². The minimum absolute atomic E-state index is 0.502. The number of hydrogen-bond donors (Lipinski definition) is 0. The number of aromatic nitrogens is 3. The summed E-state index contributed by atoms with van der Waals surface area (Å²) in [5.74, 6) is 0.640. The lowest BCUT2D eigenvalue weighted by Crippen LogP contribution is -1.97. The van der Waals surface area contributed by atoms with Crippen LogP contribution in [0.1, 0.15) is 10.4 Å². The predicted molar refractivity (Wildman–Crippen MR) is 84.9 cm³/mol. The van der Waals surface area contributed by atoms with E-state index in [1.54, 1.807) is 29.2 Å². The number of rotatable bonds is 3. The predicted octanol–water partition coefficient (Wildman–Crippen LogP) is 4.16. The van der Waals surface area contributed by atoms with Crippen molar-refractivity contribution in [3.05, 3.63) is 63.9 Å². The molecule has 4 nitrogen and oxygen atoms in total. The van der Waals surface area contributed by atoms with Gasteiger partial charge < -0.3 is 0 Å². The molecule has 21 heavy (non-hydrogen) atoms. The first-order chi connectivity index (χ1) is 10.2. The number of aldehydes is 1. The molecule has 0 N–H and O–H groups in total. The second-order valence-corrected chi connectivity index (χ2v) is 5.69. The molecule has 3 aromatic rings. The third kappa shape index (κ3) is 2.89. The van der Waals surface area contributed by atoms with Crippen LogP contribution in [0, 0.1) is 0 Å². The Kier molecular flexibility index (Phi) is 3.86. The van der Waals surface area contributed by atoms with Gasteiger partial charge in [0, 0.05) is 27.5 Å². The molecule has 0 fully saturated rings. The van der Waals surface area contributed by atoms with Crippen molar-refractivity contribution in [1.29, 1.82) is 0 Å². The molecule has 6 heteroatoms. The van der Waals surface area contributed by atoms with Crippen LogP contribution in [0.3, 0.4) is 0 Å². The average molecular weight is 363 g/mol. The number of nitrogens with zero attached hydrogens (tertiary/aromatic N) is 3. The van der Waals surface area contributed by atoms with Gasteiger partial charge in [-0.05, 0) is 40.2 Å². The highest BCUT2D eigenvalue weighted by atomic mass is 79.9. The zero-order chi connectivity index (χ0) is 14.8. The van der Waals surface area contributed by atoms with Crippen LogP contribution in [0.4, 0.5) is 0 Å². The van der Waals surface area contributed by atoms with Gasteiger partial charge in [-0.3, -0.25) is 4.79 Å². The van der Waals surface area contributed by atoms with Crippen LogP contribution >= 0.6 is 27.5 Å². The van der Waals surface area contributed by atoms with Gasteiger partial charge in [0.2, 0.25) is 0 Å². The Hall–Kier alpha value is -1.98. The maximum absolute atomic E-state index is 11.3. The summed E-state index contributed by atoms with van der Waals surface area (Å²) in [6, 6.07) is 10.9. The molecule has 0 radical (unpaired) electrons. The summed E-state index contributed by atoms with van der Waals surface area (Å²) in [4.78, 5) is 15.5. The quantitative estimate of drug-likeness (QED) is 0.657. The zero-order valence-corrected chi connectivity index (χ0v) is 13.0. The van der Waals surface area contributed by atoms with E-state index < -0.39 is 0 Å². The van der Waals surface area contributed by atoms with Crippen molar-refractivity contribution in [2.45, 2.75) is 0 Å². The molecule has 0 atom stereocenters. The number of halogens is 2. The molecular formula is C15H9BrClN3O. The first-order valence-electron chi connectivity index (χ1n) is 6.10. The molecule has 0 spiro atoms. The van der Waals surface area contributed by atoms with Gasteiger partial charge in [-0.25, -0.2) is 9.67 Å². The van der Waals surface area contributed by atoms with Crippen LogP contribution in [0.15, 0.2) is 53.3 Å². The molecule has 104 valence electrons. The molecule has 0 bridgehead atoms. The Labute approximate surface area is 134 Å². The van der Waals surface area contributed by atoms with E-state index in [2.05, 4.69) is 26.0 Å². The summed E-state index contributed by atoms with van der Waals surface area (Å²) in [7, 11) is 0. The molecule has 0 aliphatic carbocycles. The second kappa shape index (κ2) is 5.79. The molecule has 0 saturated carbocycles. The molecular weight excluding hydrogens is 354 g/mol. The second-order valence-electron chi connectivity index (χ2n) is 4.34. The number of hydrogen-bond acceptors (Lipinski definition) is 3. The summed E-state index contributed by atoms with van der Waals surface area (Å²) in [6.45, 7) is 0. The van der Waals surface area contributed by atoms with Crippen molar-refractivity contribution in [2.24, 2.45) is 0 Å². The van der Waals surface area contributed by atoms with Gasteiger partial charge in [-0.15, -0.1) is 0 Å². The van der Waals surface area contributed by atoms with Crippen LogP contribution in [0.25, 0.3) is 17.1 Å². The molecule has 2 heterocycles. The molecule has 0 saturated heterocycles. The van der Waals surface area contributed by atoms with Crippen LogP contribution < -0.4 is 0 Å². The van der Waals surface area contributed by atoms with Crippen LogP contribution in [0.2, 0.25) is 5.02 Å². The van der Waals surface area contributed by atoms with Gasteiger partial charge >= 0.3 is 0 Å². The monoisotopic (exact) mass is 361 g/mol. The average Bonchev–Trinajstić information content (AvgIpc) is 2.93. The standard InChI is InChI=1S/C15H9BrClN3O/c16-12-3-6-14(18-7-12)20-8-11(9-21)15(19-20)10-1-4-13(17)5-2-10/h1-9H. The maximum Gasteiger partial charge on any atom is 0.153 e. The van der Waals surface area contributed by atoms with Gasteiger partial charge in [0.25, 0.3) is 0 Å². The largest absolute Gasteiger partial charge is 0.298 e. The minimum atomic E-state index is 0.502. The van der Waals surface area contributed by atoms with E-state index in [1.165, 1.54) is 0 Å². The molecule has 0 amide bonds. The third-order valence-electron chi connectivity index (χ3n) is 2.93. The van der Waals surface area contributed by atoms with Crippen molar-refractivity contribution in [1.82, 2.24) is 14.8 Å². The Morgan fingerprint density at radius 1 is 1.14 bits per heavy atom. The van der Waals surface area contributed by atoms with Gasteiger partial charge in [0.1, 0.15) is 5.69 Å². The first kappa shape index (κ1) is 14.0. The molecule has 0 aliphatic heterocycles. The fourth-order valence-electron chi connectivity index (χ4n) is 1.93. The van der Waals surface area contributed by atoms with Crippen molar-refractivity contribution in [3.63, 3.8) is 0 Å². The Morgan fingerprint density at radius 3 is 2.52 bits per heavy atom. The number of carbonyl (C=O) groups is 1. The van der Waals surface area contributed by atoms with Crippen LogP contribution in [-0.4, -0.2) is 21.1 Å². The van der Waals surface area contributed by atoms with E-state index in [1.807, 2.05) is 24.3 Å². The fraction of sp³-hybridized carbons (Fsp3) is 0. The normalized spacial score (nSPS) is 10.6. The Morgan fingerprint density at radius 2 is 1.90 bits per heavy atom. The van der Waals surface area contributed by atoms with Gasteiger partial charge in [0.15, 0.2) is 12.1 Å². The number of benzene rings is 1. The van der Waals surface area contributed by atoms with Gasteiger partial charge in [0.05, 0.1) is 5.56 Å². The minimum Gasteiger partial charge on any atom is -0.298 e. The smallest absolute Gasteiger partial charge is 0.153 e. The lowest BCUT2D eigenvalue weighted by atomic mass is 10.1. The van der Waals surface area contributed by atoms with Crippen LogP contribution in [0.5, 0.6) is 0 Å². The van der Waals surface area contributed by atoms with E-state index in [-0.39, 0.29) is 0 Å². The molecule has 1 aromatic carbocycles. The van der Waals surface area contributed by atoms with Crippen molar-refractivity contribution >= 4 is 33.8 Å². The number of pyridine rings is 1. The zero-order valence-electron chi connectivity index (χ0n) is 10.7. The van der Waals surface area contributed by atoms with E-state index in [4.69, 9.17) is 11.6 Å². The summed E-state index contributed by atoms with van der Waals surface area (Å²) in [5, 5.41) is 5.08.